The van der Waals surface area contributed by atoms with Crippen LogP contribution in [0.2, 0.25) is 10.0 Å². The maximum atomic E-state index is 6.03. The Bertz CT molecular complexity index is 693. The summed E-state index contributed by atoms with van der Waals surface area (Å²) in [5, 5.41) is 4.37. The summed E-state index contributed by atoms with van der Waals surface area (Å²) in [5.41, 5.74) is 1.94. The van der Waals surface area contributed by atoms with Crippen molar-refractivity contribution >= 4 is 44.8 Å². The van der Waals surface area contributed by atoms with Crippen LogP contribution < -0.4 is 14.8 Å². The molecule has 0 fully saturated rings. The molecule has 0 saturated heterocycles. The number of anilines is 1. The number of nitrogens with one attached hydrogen (secondary N) is 1. The van der Waals surface area contributed by atoms with Gasteiger partial charge >= 0.3 is 0 Å². The normalized spacial score (nSPS) is 10.7. The molecule has 0 heterocycles. The topological polar surface area (TPSA) is 30.5 Å². The van der Waals surface area contributed by atoms with Crippen LogP contribution in [0, 0.1) is 0 Å². The minimum absolute atomic E-state index is 0.0796. The molecule has 0 bridgehead atoms. The molecule has 0 aliphatic rings. The van der Waals surface area contributed by atoms with Crippen molar-refractivity contribution in [3.63, 3.8) is 0 Å². The highest BCUT2D eigenvalue weighted by Gasteiger charge is 2.12. The van der Waals surface area contributed by atoms with Crippen molar-refractivity contribution in [3.05, 3.63) is 50.4 Å². The Morgan fingerprint density at radius 2 is 1.83 bits per heavy atom. The molecule has 0 atom stereocenters. The third-order valence-corrected chi connectivity index (χ3v) is 4.58. The van der Waals surface area contributed by atoms with Crippen LogP contribution in [0.15, 0.2) is 34.8 Å². The highest BCUT2D eigenvalue weighted by molar-refractivity contribution is 9.10. The maximum Gasteiger partial charge on any atom is 0.162 e. The first-order chi connectivity index (χ1) is 10.9. The van der Waals surface area contributed by atoms with E-state index in [1.165, 1.54) is 0 Å². The monoisotopic (exact) mass is 417 g/mol. The molecule has 6 heteroatoms. The molecule has 0 aromatic heterocycles. The van der Waals surface area contributed by atoms with Crippen molar-refractivity contribution in [2.24, 2.45) is 0 Å². The fraction of sp³-hybridized carbons (Fsp3) is 0.294. The predicted octanol–water partition coefficient (Wildman–Crippen LogP) is 6.16. The molecule has 0 unspecified atom stereocenters. The molecule has 0 radical (unpaired) electrons. The molecule has 0 aliphatic carbocycles. The average Bonchev–Trinajstić information content (AvgIpc) is 2.49. The van der Waals surface area contributed by atoms with Gasteiger partial charge in [-0.3, -0.25) is 0 Å². The van der Waals surface area contributed by atoms with Gasteiger partial charge in [-0.25, -0.2) is 0 Å². The van der Waals surface area contributed by atoms with E-state index in [2.05, 4.69) is 21.2 Å². The first-order valence-corrected chi connectivity index (χ1v) is 8.67. The molecule has 3 nitrogen and oxygen atoms in total. The van der Waals surface area contributed by atoms with Crippen molar-refractivity contribution in [2.45, 2.75) is 26.5 Å². The van der Waals surface area contributed by atoms with Gasteiger partial charge in [0.25, 0.3) is 0 Å². The van der Waals surface area contributed by atoms with Gasteiger partial charge in [0.2, 0.25) is 0 Å². The zero-order valence-corrected chi connectivity index (χ0v) is 16.2. The lowest BCUT2D eigenvalue weighted by atomic mass is 10.2. The van der Waals surface area contributed by atoms with Crippen LogP contribution in [0.4, 0.5) is 5.69 Å². The fourth-order valence-corrected chi connectivity index (χ4v) is 2.78. The average molecular weight is 419 g/mol. The summed E-state index contributed by atoms with van der Waals surface area (Å²) in [6, 6.07) is 9.32. The van der Waals surface area contributed by atoms with Gasteiger partial charge in [0.05, 0.1) is 23.3 Å². The van der Waals surface area contributed by atoms with Crippen molar-refractivity contribution in [3.8, 4) is 11.5 Å². The van der Waals surface area contributed by atoms with E-state index in [9.17, 15) is 0 Å². The fourth-order valence-electron chi connectivity index (χ4n) is 2.02. The van der Waals surface area contributed by atoms with Gasteiger partial charge in [0.1, 0.15) is 0 Å². The van der Waals surface area contributed by atoms with E-state index in [0.717, 1.165) is 15.7 Å². The summed E-state index contributed by atoms with van der Waals surface area (Å²) in [7, 11) is 1.63. The number of ether oxygens (including phenoxy) is 2. The van der Waals surface area contributed by atoms with Crippen LogP contribution in [-0.4, -0.2) is 13.2 Å². The molecular weight excluding hydrogens is 401 g/mol. The minimum Gasteiger partial charge on any atom is -0.493 e. The Hall–Kier alpha value is -1.10. The lowest BCUT2D eigenvalue weighted by Gasteiger charge is -2.16. The van der Waals surface area contributed by atoms with Gasteiger partial charge in [-0.1, -0.05) is 39.1 Å². The standard InChI is InChI=1S/C17H18BrCl2NO2/c1-10(2)23-17-8-13(18)11(6-16(17)22-3)9-21-12-4-5-14(19)15(20)7-12/h4-8,10,21H,9H2,1-3H3. The zero-order valence-electron chi connectivity index (χ0n) is 13.1. The first-order valence-electron chi connectivity index (χ1n) is 7.12. The maximum absolute atomic E-state index is 6.03. The zero-order chi connectivity index (χ0) is 17.0. The van der Waals surface area contributed by atoms with E-state index in [4.69, 9.17) is 32.7 Å². The first kappa shape index (κ1) is 18.2. The Morgan fingerprint density at radius 3 is 2.43 bits per heavy atom. The quantitative estimate of drug-likeness (QED) is 0.608. The molecule has 23 heavy (non-hydrogen) atoms. The van der Waals surface area contributed by atoms with Crippen LogP contribution in [0.1, 0.15) is 19.4 Å². The summed E-state index contributed by atoms with van der Waals surface area (Å²) >= 11 is 15.5. The Morgan fingerprint density at radius 1 is 1.09 bits per heavy atom. The summed E-state index contributed by atoms with van der Waals surface area (Å²) in [6.07, 6.45) is 0.0796. The van der Waals surface area contributed by atoms with Gasteiger partial charge in [0.15, 0.2) is 11.5 Å². The Balaban J connectivity index is 2.17. The van der Waals surface area contributed by atoms with Gasteiger partial charge in [-0.05, 0) is 49.7 Å². The Kier molecular flexibility index (Phi) is 6.45. The highest BCUT2D eigenvalue weighted by atomic mass is 79.9. The summed E-state index contributed by atoms with van der Waals surface area (Å²) in [5.74, 6) is 1.42. The number of rotatable bonds is 6. The van der Waals surface area contributed by atoms with Crippen molar-refractivity contribution in [2.75, 3.05) is 12.4 Å². The van der Waals surface area contributed by atoms with E-state index in [1.54, 1.807) is 19.2 Å². The van der Waals surface area contributed by atoms with Crippen molar-refractivity contribution in [1.82, 2.24) is 0 Å². The van der Waals surface area contributed by atoms with E-state index in [1.807, 2.05) is 32.0 Å². The van der Waals surface area contributed by atoms with E-state index in [0.29, 0.717) is 28.1 Å². The SMILES string of the molecule is COc1cc(CNc2ccc(Cl)c(Cl)c2)c(Br)cc1OC(C)C. The van der Waals surface area contributed by atoms with Gasteiger partial charge in [-0.15, -0.1) is 0 Å². The lowest BCUT2D eigenvalue weighted by Crippen LogP contribution is -2.08. The van der Waals surface area contributed by atoms with Crippen LogP contribution >= 0.6 is 39.1 Å². The largest absolute Gasteiger partial charge is 0.493 e. The van der Waals surface area contributed by atoms with E-state index < -0.39 is 0 Å². The molecule has 2 aromatic carbocycles. The number of halogens is 3. The molecular formula is C17H18BrCl2NO2. The Labute approximate surface area is 155 Å². The second kappa shape index (κ2) is 8.13. The lowest BCUT2D eigenvalue weighted by molar-refractivity contribution is 0.230. The molecule has 1 N–H and O–H groups in total. The second-order valence-electron chi connectivity index (χ2n) is 5.24. The third kappa shape index (κ3) is 4.93. The minimum atomic E-state index is 0.0796. The molecule has 0 saturated carbocycles. The molecule has 2 rings (SSSR count). The van der Waals surface area contributed by atoms with E-state index in [-0.39, 0.29) is 6.10 Å². The van der Waals surface area contributed by atoms with Crippen LogP contribution in [0.5, 0.6) is 11.5 Å². The third-order valence-electron chi connectivity index (χ3n) is 3.10. The molecule has 124 valence electrons. The number of hydrogen-bond donors (Lipinski definition) is 1. The summed E-state index contributed by atoms with van der Waals surface area (Å²) < 4.78 is 12.1. The van der Waals surface area contributed by atoms with Gasteiger partial charge < -0.3 is 14.8 Å². The molecule has 0 aliphatic heterocycles. The van der Waals surface area contributed by atoms with Crippen LogP contribution in [0.3, 0.4) is 0 Å². The highest BCUT2D eigenvalue weighted by Crippen LogP contribution is 2.35. The van der Waals surface area contributed by atoms with Gasteiger partial charge in [-0.2, -0.15) is 0 Å². The smallest absolute Gasteiger partial charge is 0.162 e. The number of hydrogen-bond acceptors (Lipinski definition) is 3. The molecule has 2 aromatic rings. The summed E-state index contributed by atoms with van der Waals surface area (Å²) in [4.78, 5) is 0. The van der Waals surface area contributed by atoms with Crippen molar-refractivity contribution < 1.29 is 9.47 Å². The second-order valence-corrected chi connectivity index (χ2v) is 6.91. The predicted molar refractivity (Wildman–Crippen MR) is 100 cm³/mol. The number of benzene rings is 2. The number of methoxy groups -OCH3 is 1. The van der Waals surface area contributed by atoms with Gasteiger partial charge in [0, 0.05) is 16.7 Å². The summed E-state index contributed by atoms with van der Waals surface area (Å²) in [6.45, 7) is 4.57. The van der Waals surface area contributed by atoms with E-state index >= 15 is 0 Å². The van der Waals surface area contributed by atoms with Crippen LogP contribution in [0.25, 0.3) is 0 Å². The van der Waals surface area contributed by atoms with Crippen LogP contribution in [-0.2, 0) is 6.54 Å². The van der Waals surface area contributed by atoms with Crippen molar-refractivity contribution in [1.29, 1.82) is 0 Å². The molecule has 0 spiro atoms. The molecule has 0 amide bonds.